The number of amides is 3. The number of nitrogens with zero attached hydrogens (tertiary/aromatic N) is 1. The molecule has 6 nitrogen and oxygen atoms in total. The summed E-state index contributed by atoms with van der Waals surface area (Å²) in [6.07, 6.45) is 0. The van der Waals surface area contributed by atoms with Crippen LogP contribution in [-0.4, -0.2) is 22.8 Å². The number of hydrogen-bond acceptors (Lipinski definition) is 4. The van der Waals surface area contributed by atoms with Gasteiger partial charge in [-0.1, -0.05) is 41.5 Å². The molecule has 0 unspecified atom stereocenters. The summed E-state index contributed by atoms with van der Waals surface area (Å²) in [5, 5.41) is 5.56. The molecule has 0 atom stereocenters. The van der Waals surface area contributed by atoms with Crippen molar-refractivity contribution in [3.63, 3.8) is 0 Å². The zero-order valence-corrected chi connectivity index (χ0v) is 17.7. The Morgan fingerprint density at radius 3 is 2.23 bits per heavy atom. The molecular weight excluding hydrogens is 410 g/mol. The van der Waals surface area contributed by atoms with E-state index in [0.29, 0.717) is 16.9 Å². The second-order valence-corrected chi connectivity index (χ2v) is 7.70. The third-order valence-corrected chi connectivity index (χ3v) is 5.09. The van der Waals surface area contributed by atoms with Crippen LogP contribution in [-0.2, 0) is 0 Å². The Hall–Kier alpha value is -3.84. The fraction of sp³-hybridized carbons (Fsp3) is 0.0833. The van der Waals surface area contributed by atoms with Crippen molar-refractivity contribution in [3.8, 4) is 0 Å². The molecule has 0 aliphatic carbocycles. The van der Waals surface area contributed by atoms with E-state index < -0.39 is 11.8 Å². The SMILES string of the molecule is Cc1cc(C)cc(C(=O)NC(=S)Nc2cccc3c2C(=O)N(c2ccccc2)C3=O)c1. The molecule has 0 saturated carbocycles. The summed E-state index contributed by atoms with van der Waals surface area (Å²) >= 11 is 5.29. The van der Waals surface area contributed by atoms with Crippen LogP contribution in [0, 0.1) is 13.8 Å². The van der Waals surface area contributed by atoms with Crippen LogP contribution in [0.1, 0.15) is 42.2 Å². The van der Waals surface area contributed by atoms with Crippen LogP contribution in [0.4, 0.5) is 11.4 Å². The number of hydrogen-bond donors (Lipinski definition) is 2. The van der Waals surface area contributed by atoms with Crippen LogP contribution in [0.2, 0.25) is 0 Å². The van der Waals surface area contributed by atoms with E-state index in [9.17, 15) is 14.4 Å². The fourth-order valence-electron chi connectivity index (χ4n) is 3.64. The molecule has 3 aromatic rings. The lowest BCUT2D eigenvalue weighted by atomic mass is 10.1. The minimum absolute atomic E-state index is 0.0379. The Labute approximate surface area is 184 Å². The molecule has 1 heterocycles. The van der Waals surface area contributed by atoms with Crippen LogP contribution in [0.3, 0.4) is 0 Å². The van der Waals surface area contributed by atoms with Gasteiger partial charge >= 0.3 is 0 Å². The number of para-hydroxylation sites is 1. The summed E-state index contributed by atoms with van der Waals surface area (Å²) in [5.74, 6) is -1.21. The Balaban J connectivity index is 1.56. The van der Waals surface area contributed by atoms with Crippen LogP contribution < -0.4 is 15.5 Å². The molecule has 0 aromatic heterocycles. The summed E-state index contributed by atoms with van der Waals surface area (Å²) in [4.78, 5) is 39.6. The lowest BCUT2D eigenvalue weighted by Gasteiger charge is -2.14. The molecule has 0 radical (unpaired) electrons. The van der Waals surface area contributed by atoms with E-state index in [4.69, 9.17) is 12.2 Å². The molecule has 4 rings (SSSR count). The van der Waals surface area contributed by atoms with Gasteiger partial charge in [-0.2, -0.15) is 0 Å². The number of imide groups is 1. The van der Waals surface area contributed by atoms with Crippen LogP contribution in [0.5, 0.6) is 0 Å². The fourth-order valence-corrected chi connectivity index (χ4v) is 3.84. The largest absolute Gasteiger partial charge is 0.332 e. The van der Waals surface area contributed by atoms with Gasteiger partial charge in [0.1, 0.15) is 0 Å². The number of nitrogens with one attached hydrogen (secondary N) is 2. The zero-order chi connectivity index (χ0) is 22.1. The Morgan fingerprint density at radius 2 is 1.55 bits per heavy atom. The number of rotatable bonds is 3. The molecular formula is C24H19N3O3S. The Morgan fingerprint density at radius 1 is 0.871 bits per heavy atom. The van der Waals surface area contributed by atoms with Gasteiger partial charge in [0, 0.05) is 5.56 Å². The quantitative estimate of drug-likeness (QED) is 0.481. The van der Waals surface area contributed by atoms with Crippen LogP contribution >= 0.6 is 12.2 Å². The molecule has 7 heteroatoms. The average Bonchev–Trinajstić information content (AvgIpc) is 2.99. The monoisotopic (exact) mass is 429 g/mol. The molecule has 3 aromatic carbocycles. The third kappa shape index (κ3) is 3.95. The summed E-state index contributed by atoms with van der Waals surface area (Å²) in [6.45, 7) is 3.82. The summed E-state index contributed by atoms with van der Waals surface area (Å²) in [7, 11) is 0. The van der Waals surface area contributed by atoms with E-state index in [0.717, 1.165) is 16.0 Å². The van der Waals surface area contributed by atoms with Gasteiger partial charge in [-0.25, -0.2) is 4.90 Å². The second-order valence-electron chi connectivity index (χ2n) is 7.29. The van der Waals surface area contributed by atoms with E-state index >= 15 is 0 Å². The molecule has 0 spiro atoms. The van der Waals surface area contributed by atoms with Crippen molar-refractivity contribution in [3.05, 3.63) is 94.5 Å². The van der Waals surface area contributed by atoms with Gasteiger partial charge in [0.15, 0.2) is 5.11 Å². The van der Waals surface area contributed by atoms with Gasteiger partial charge in [-0.15, -0.1) is 0 Å². The van der Waals surface area contributed by atoms with Crippen molar-refractivity contribution >= 4 is 46.4 Å². The van der Waals surface area contributed by atoms with E-state index in [1.165, 1.54) is 0 Å². The third-order valence-electron chi connectivity index (χ3n) is 4.89. The number of anilines is 2. The van der Waals surface area contributed by atoms with Crippen molar-refractivity contribution in [2.45, 2.75) is 13.8 Å². The standard InChI is InChI=1S/C24H19N3O3S/c1-14-11-15(2)13-16(12-14)21(28)26-24(31)25-19-10-6-9-18-20(19)23(30)27(22(18)29)17-7-4-3-5-8-17/h3-13H,1-2H3,(H2,25,26,28,31). The lowest BCUT2D eigenvalue weighted by Crippen LogP contribution is -2.34. The molecule has 1 aliphatic rings. The van der Waals surface area contributed by atoms with Gasteiger partial charge in [0.25, 0.3) is 17.7 Å². The molecule has 154 valence electrons. The van der Waals surface area contributed by atoms with Crippen molar-refractivity contribution in [1.29, 1.82) is 0 Å². The van der Waals surface area contributed by atoms with Gasteiger partial charge in [-0.3, -0.25) is 19.7 Å². The highest BCUT2D eigenvalue weighted by Crippen LogP contribution is 2.32. The first-order valence-corrected chi connectivity index (χ1v) is 10.0. The van der Waals surface area contributed by atoms with E-state index in [-0.39, 0.29) is 22.1 Å². The first kappa shape index (κ1) is 20.4. The van der Waals surface area contributed by atoms with Gasteiger partial charge in [0.2, 0.25) is 0 Å². The molecule has 0 fully saturated rings. The highest BCUT2D eigenvalue weighted by molar-refractivity contribution is 7.80. The maximum atomic E-state index is 13.1. The molecule has 0 bridgehead atoms. The zero-order valence-electron chi connectivity index (χ0n) is 16.9. The topological polar surface area (TPSA) is 78.5 Å². The maximum Gasteiger partial charge on any atom is 0.268 e. The van der Waals surface area contributed by atoms with Crippen molar-refractivity contribution in [2.24, 2.45) is 0 Å². The highest BCUT2D eigenvalue weighted by Gasteiger charge is 2.38. The van der Waals surface area contributed by atoms with Gasteiger partial charge in [-0.05, 0) is 62.5 Å². The second kappa shape index (κ2) is 8.12. The van der Waals surface area contributed by atoms with Crippen LogP contribution in [0.15, 0.2) is 66.7 Å². The number of carbonyl (C=O) groups excluding carboxylic acids is 3. The number of thiocarbonyl (C=S) groups is 1. The predicted octanol–water partition coefficient (Wildman–Crippen LogP) is 4.23. The summed E-state index contributed by atoms with van der Waals surface area (Å²) in [6, 6.07) is 19.1. The number of carbonyl (C=O) groups is 3. The van der Waals surface area contributed by atoms with Gasteiger partial charge < -0.3 is 5.32 Å². The highest BCUT2D eigenvalue weighted by atomic mass is 32.1. The van der Waals surface area contributed by atoms with E-state index in [1.807, 2.05) is 26.0 Å². The number of benzene rings is 3. The van der Waals surface area contributed by atoms with Crippen molar-refractivity contribution in [1.82, 2.24) is 5.32 Å². The summed E-state index contributed by atoms with van der Waals surface area (Å²) in [5.41, 5.74) is 3.78. The first-order valence-electron chi connectivity index (χ1n) is 9.62. The van der Waals surface area contributed by atoms with Gasteiger partial charge in [0.05, 0.1) is 22.5 Å². The minimum atomic E-state index is -0.447. The Kier molecular flexibility index (Phi) is 5.35. The normalized spacial score (nSPS) is 12.5. The number of fused-ring (bicyclic) bond motifs is 1. The maximum absolute atomic E-state index is 13.1. The lowest BCUT2D eigenvalue weighted by molar-refractivity contribution is 0.0924. The molecule has 1 aliphatic heterocycles. The van der Waals surface area contributed by atoms with Crippen molar-refractivity contribution in [2.75, 3.05) is 10.2 Å². The smallest absolute Gasteiger partial charge is 0.268 e. The molecule has 3 amide bonds. The average molecular weight is 430 g/mol. The Bertz CT molecular complexity index is 1220. The molecule has 0 saturated heterocycles. The summed E-state index contributed by atoms with van der Waals surface area (Å²) < 4.78 is 0. The van der Waals surface area contributed by atoms with Crippen molar-refractivity contribution < 1.29 is 14.4 Å². The van der Waals surface area contributed by atoms with E-state index in [2.05, 4.69) is 10.6 Å². The molecule has 31 heavy (non-hydrogen) atoms. The minimum Gasteiger partial charge on any atom is -0.332 e. The first-order chi connectivity index (χ1) is 14.8. The number of aryl methyl sites for hydroxylation is 2. The van der Waals surface area contributed by atoms with E-state index in [1.54, 1.807) is 54.6 Å². The van der Waals surface area contributed by atoms with Crippen LogP contribution in [0.25, 0.3) is 0 Å². The molecule has 2 N–H and O–H groups in total. The predicted molar refractivity (Wildman–Crippen MR) is 124 cm³/mol.